The molecule has 0 spiro atoms. The predicted molar refractivity (Wildman–Crippen MR) is 129 cm³/mol. The van der Waals surface area contributed by atoms with E-state index in [1.807, 2.05) is 12.2 Å². The average Bonchev–Trinajstić information content (AvgIpc) is 2.71. The Balaban J connectivity index is -0.000000490. The second-order valence-electron chi connectivity index (χ2n) is 7.94. The van der Waals surface area contributed by atoms with Crippen molar-refractivity contribution in [3.8, 4) is 0 Å². The first kappa shape index (κ1) is 34.8. The Morgan fingerprint density at radius 3 is 1.10 bits per heavy atom. The van der Waals surface area contributed by atoms with Crippen molar-refractivity contribution in [3.63, 3.8) is 0 Å². The van der Waals surface area contributed by atoms with Crippen molar-refractivity contribution in [2.75, 3.05) is 0 Å². The molecule has 0 aliphatic heterocycles. The van der Waals surface area contributed by atoms with Crippen LogP contribution in [0.1, 0.15) is 130 Å². The summed E-state index contributed by atoms with van der Waals surface area (Å²) < 4.78 is 0. The fourth-order valence-corrected chi connectivity index (χ4v) is 3.05. The van der Waals surface area contributed by atoms with Crippen LogP contribution in [-0.2, 0) is 9.59 Å². The number of allylic oxidation sites excluding steroid dienone is 2. The first-order valence-electron chi connectivity index (χ1n) is 12.2. The summed E-state index contributed by atoms with van der Waals surface area (Å²) in [4.78, 5) is 21.6. The number of carbonyl (C=O) groups is 2. The molecule has 0 amide bonds. The molecule has 0 fully saturated rings. The van der Waals surface area contributed by atoms with Gasteiger partial charge in [-0.25, -0.2) is 0 Å². The van der Waals surface area contributed by atoms with Gasteiger partial charge in [0.1, 0.15) is 0 Å². The summed E-state index contributed by atoms with van der Waals surface area (Å²) >= 11 is 0. The molecular weight excluding hydrogens is 401 g/mol. The topological polar surface area (TPSA) is 80.3 Å². The van der Waals surface area contributed by atoms with E-state index in [0.29, 0.717) is 24.0 Å². The molecule has 0 radical (unpaired) electrons. The van der Waals surface area contributed by atoms with Crippen molar-refractivity contribution in [3.05, 3.63) is 23.3 Å². The average molecular weight is 447 g/mol. The Labute approximate surface area is 208 Å². The molecule has 0 rings (SSSR count). The van der Waals surface area contributed by atoms with Gasteiger partial charge in [-0.05, 0) is 62.5 Å². The fourth-order valence-electron chi connectivity index (χ4n) is 3.05. The minimum atomic E-state index is -0.984. The van der Waals surface area contributed by atoms with Crippen molar-refractivity contribution < 1.29 is 19.8 Å². The minimum Gasteiger partial charge on any atom is -0.545 e. The molecule has 0 N–H and O–H groups in total. The van der Waals surface area contributed by atoms with E-state index in [1.165, 1.54) is 25.7 Å². The van der Waals surface area contributed by atoms with Crippen molar-refractivity contribution in [1.29, 1.82) is 0 Å². The smallest absolute Gasteiger partial charge is 0.545 e. The van der Waals surface area contributed by atoms with Crippen LogP contribution >= 0.6 is 0 Å². The van der Waals surface area contributed by atoms with Crippen molar-refractivity contribution >= 4 is 35.0 Å². The molecule has 0 aliphatic carbocycles. The number of hydrogen-bond donors (Lipinski definition) is 0. The second-order valence-corrected chi connectivity index (χ2v) is 7.94. The Hall–Kier alpha value is -0.814. The van der Waals surface area contributed by atoms with Gasteiger partial charge in [-0.2, -0.15) is 0 Å². The maximum atomic E-state index is 10.8. The van der Waals surface area contributed by atoms with Crippen LogP contribution < -0.4 is 10.2 Å². The number of carbonyl (C=O) groups excluding carboxylic acids is 2. The SMILES string of the molecule is CCCCC/C=C(/CCCCC)C(=O)[O-].CCCCC/C=C(/CCCCC)C(=O)[O-].[Mg+2]. The van der Waals surface area contributed by atoms with Gasteiger partial charge in [-0.3, -0.25) is 0 Å². The van der Waals surface area contributed by atoms with Crippen LogP contribution in [0.3, 0.4) is 0 Å². The fraction of sp³-hybridized carbons (Fsp3) is 0.769. The Kier molecular flexibility index (Phi) is 30.5. The molecule has 5 heteroatoms. The van der Waals surface area contributed by atoms with E-state index in [0.717, 1.165) is 64.2 Å². The van der Waals surface area contributed by atoms with Gasteiger partial charge in [0.05, 0.1) is 11.9 Å². The third kappa shape index (κ3) is 25.3. The molecule has 0 aliphatic rings. The third-order valence-corrected chi connectivity index (χ3v) is 5.02. The molecule has 0 unspecified atom stereocenters. The zero-order valence-corrected chi connectivity index (χ0v) is 22.2. The van der Waals surface area contributed by atoms with Crippen LogP contribution in [0.15, 0.2) is 23.3 Å². The van der Waals surface area contributed by atoms with E-state index in [1.54, 1.807) is 0 Å². The van der Waals surface area contributed by atoms with Gasteiger partial charge in [0.2, 0.25) is 0 Å². The molecule has 0 aromatic rings. The molecule has 0 bridgehead atoms. The van der Waals surface area contributed by atoms with Crippen LogP contribution in [-0.4, -0.2) is 35.0 Å². The Bertz CT molecular complexity index is 440. The maximum Gasteiger partial charge on any atom is 2.00 e. The maximum absolute atomic E-state index is 10.8. The summed E-state index contributed by atoms with van der Waals surface area (Å²) in [5, 5.41) is 21.6. The number of carboxylic acid groups (broad SMARTS) is 2. The molecular formula is C26H46MgO4. The van der Waals surface area contributed by atoms with Crippen LogP contribution in [0.25, 0.3) is 0 Å². The van der Waals surface area contributed by atoms with E-state index in [-0.39, 0.29) is 23.1 Å². The Morgan fingerprint density at radius 2 is 0.839 bits per heavy atom. The molecule has 0 aromatic carbocycles. The van der Waals surface area contributed by atoms with Crippen molar-refractivity contribution in [1.82, 2.24) is 0 Å². The number of unbranched alkanes of at least 4 members (excludes halogenated alkanes) is 10. The predicted octanol–water partition coefficient (Wildman–Crippen LogP) is 5.27. The number of aliphatic carboxylic acids is 2. The number of carboxylic acids is 2. The summed E-state index contributed by atoms with van der Waals surface area (Å²) in [6, 6.07) is 0. The van der Waals surface area contributed by atoms with Gasteiger partial charge < -0.3 is 19.8 Å². The first-order valence-corrected chi connectivity index (χ1v) is 12.2. The molecule has 0 saturated carbocycles. The normalized spacial score (nSPS) is 11.4. The van der Waals surface area contributed by atoms with Crippen molar-refractivity contribution in [2.24, 2.45) is 0 Å². The quantitative estimate of drug-likeness (QED) is 0.163. The molecule has 0 atom stereocenters. The summed E-state index contributed by atoms with van der Waals surface area (Å²) in [7, 11) is 0. The van der Waals surface area contributed by atoms with E-state index in [4.69, 9.17) is 0 Å². The third-order valence-electron chi connectivity index (χ3n) is 5.02. The number of hydrogen-bond acceptors (Lipinski definition) is 4. The second kappa shape index (κ2) is 27.2. The van der Waals surface area contributed by atoms with Gasteiger partial charge in [0, 0.05) is 0 Å². The van der Waals surface area contributed by atoms with Crippen molar-refractivity contribution in [2.45, 2.75) is 130 Å². The van der Waals surface area contributed by atoms with Gasteiger partial charge in [0.25, 0.3) is 0 Å². The van der Waals surface area contributed by atoms with E-state index in [9.17, 15) is 19.8 Å². The summed E-state index contributed by atoms with van der Waals surface area (Å²) in [5.41, 5.74) is 0.999. The zero-order valence-electron chi connectivity index (χ0n) is 20.8. The summed E-state index contributed by atoms with van der Waals surface area (Å²) in [6.07, 6.45) is 20.0. The summed E-state index contributed by atoms with van der Waals surface area (Å²) in [6.45, 7) is 8.52. The van der Waals surface area contributed by atoms with Gasteiger partial charge >= 0.3 is 23.1 Å². The number of rotatable bonds is 18. The molecule has 4 nitrogen and oxygen atoms in total. The zero-order chi connectivity index (χ0) is 23.0. The standard InChI is InChI=1S/2C13H24O2.Mg/c2*1-3-5-7-9-11-12(13(14)15)10-8-6-4-2;/h2*11H,3-10H2,1-2H3,(H,14,15);/q;;+2/p-2/b2*12-11-;. The monoisotopic (exact) mass is 446 g/mol. The van der Waals surface area contributed by atoms with Gasteiger partial charge in [0.15, 0.2) is 0 Å². The van der Waals surface area contributed by atoms with Gasteiger partial charge in [-0.15, -0.1) is 0 Å². The molecule has 0 heterocycles. The van der Waals surface area contributed by atoms with Crippen LogP contribution in [0.2, 0.25) is 0 Å². The first-order chi connectivity index (χ1) is 14.4. The minimum absolute atomic E-state index is 0. The largest absolute Gasteiger partial charge is 2.00 e. The van der Waals surface area contributed by atoms with E-state index in [2.05, 4.69) is 27.7 Å². The summed E-state index contributed by atoms with van der Waals surface area (Å²) in [5.74, 6) is -1.97. The van der Waals surface area contributed by atoms with Crippen LogP contribution in [0, 0.1) is 0 Å². The van der Waals surface area contributed by atoms with Gasteiger partial charge in [-0.1, -0.05) is 91.2 Å². The molecule has 0 saturated heterocycles. The molecule has 176 valence electrons. The molecule has 31 heavy (non-hydrogen) atoms. The Morgan fingerprint density at radius 1 is 0.548 bits per heavy atom. The van der Waals surface area contributed by atoms with E-state index < -0.39 is 11.9 Å². The van der Waals surface area contributed by atoms with Crippen LogP contribution in [0.5, 0.6) is 0 Å². The van der Waals surface area contributed by atoms with E-state index >= 15 is 0 Å². The van der Waals surface area contributed by atoms with Crippen LogP contribution in [0.4, 0.5) is 0 Å². The molecule has 0 aromatic heterocycles.